The third kappa shape index (κ3) is 5.34. The molecule has 0 aromatic rings. The van der Waals surface area contributed by atoms with Gasteiger partial charge in [-0.2, -0.15) is 0 Å². The molecule has 0 unspecified atom stereocenters. The molecule has 0 radical (unpaired) electrons. The summed E-state index contributed by atoms with van der Waals surface area (Å²) in [4.78, 5) is 13.6. The fourth-order valence-electron chi connectivity index (χ4n) is 2.09. The van der Waals surface area contributed by atoms with E-state index in [0.717, 1.165) is 19.5 Å². The highest BCUT2D eigenvalue weighted by Crippen LogP contribution is 2.09. The molecule has 1 heterocycles. The van der Waals surface area contributed by atoms with Crippen LogP contribution in [0.1, 0.15) is 58.3 Å². The average Bonchev–Trinajstić information content (AvgIpc) is 2.81. The summed E-state index contributed by atoms with van der Waals surface area (Å²) in [5, 5.41) is 0. The summed E-state index contributed by atoms with van der Waals surface area (Å²) >= 11 is 0. The fraction of sp³-hybridized carbons (Fsp3) is 0.786. The lowest BCUT2D eigenvalue weighted by Crippen LogP contribution is -2.25. The van der Waals surface area contributed by atoms with Gasteiger partial charge in [-0.3, -0.25) is 4.79 Å². The first-order valence-corrected chi connectivity index (χ1v) is 6.80. The highest BCUT2D eigenvalue weighted by atomic mass is 16.2. The molecule has 0 saturated carbocycles. The van der Waals surface area contributed by atoms with E-state index in [-0.39, 0.29) is 5.91 Å². The Bertz CT molecular complexity index is 217. The van der Waals surface area contributed by atoms with Gasteiger partial charge in [0.15, 0.2) is 0 Å². The van der Waals surface area contributed by atoms with Gasteiger partial charge in [0.1, 0.15) is 0 Å². The maximum absolute atomic E-state index is 11.6. The number of likely N-dealkylation sites (tertiary alicyclic amines) is 1. The van der Waals surface area contributed by atoms with Crippen LogP contribution in [0.4, 0.5) is 0 Å². The lowest BCUT2D eigenvalue weighted by molar-refractivity contribution is -0.125. The predicted octanol–water partition coefficient (Wildman–Crippen LogP) is 3.53. The van der Waals surface area contributed by atoms with Crippen molar-refractivity contribution in [2.45, 2.75) is 58.3 Å². The predicted molar refractivity (Wildman–Crippen MR) is 68.3 cm³/mol. The van der Waals surface area contributed by atoms with E-state index in [4.69, 9.17) is 0 Å². The van der Waals surface area contributed by atoms with Gasteiger partial charge in [0.25, 0.3) is 0 Å². The molecule has 1 fully saturated rings. The minimum Gasteiger partial charge on any atom is -0.339 e. The summed E-state index contributed by atoms with van der Waals surface area (Å²) < 4.78 is 0. The third-order valence-electron chi connectivity index (χ3n) is 3.15. The van der Waals surface area contributed by atoms with Crippen LogP contribution in [-0.4, -0.2) is 23.9 Å². The van der Waals surface area contributed by atoms with Crippen molar-refractivity contribution in [3.05, 3.63) is 12.2 Å². The van der Waals surface area contributed by atoms with Crippen LogP contribution in [0.15, 0.2) is 12.2 Å². The molecule has 0 spiro atoms. The number of allylic oxidation sites excluding steroid dienone is 1. The number of hydrogen-bond donors (Lipinski definition) is 0. The topological polar surface area (TPSA) is 20.3 Å². The second-order valence-electron chi connectivity index (χ2n) is 4.64. The lowest BCUT2D eigenvalue weighted by Gasteiger charge is -2.11. The Kier molecular flexibility index (Phi) is 6.95. The smallest absolute Gasteiger partial charge is 0.246 e. The van der Waals surface area contributed by atoms with E-state index in [0.29, 0.717) is 0 Å². The van der Waals surface area contributed by atoms with Gasteiger partial charge < -0.3 is 4.90 Å². The second-order valence-corrected chi connectivity index (χ2v) is 4.64. The van der Waals surface area contributed by atoms with E-state index in [9.17, 15) is 4.79 Å². The van der Waals surface area contributed by atoms with Crippen molar-refractivity contribution >= 4 is 5.91 Å². The second kappa shape index (κ2) is 8.37. The molecule has 1 aliphatic rings. The Morgan fingerprint density at radius 1 is 1.12 bits per heavy atom. The van der Waals surface area contributed by atoms with Gasteiger partial charge in [0.05, 0.1) is 0 Å². The van der Waals surface area contributed by atoms with E-state index in [1.54, 1.807) is 6.08 Å². The molecule has 0 aliphatic carbocycles. The number of hydrogen-bond acceptors (Lipinski definition) is 1. The summed E-state index contributed by atoms with van der Waals surface area (Å²) in [6.07, 6.45) is 13.7. The van der Waals surface area contributed by atoms with Crippen molar-refractivity contribution in [2.24, 2.45) is 0 Å². The Morgan fingerprint density at radius 3 is 2.50 bits per heavy atom. The van der Waals surface area contributed by atoms with Crippen molar-refractivity contribution in [1.82, 2.24) is 4.90 Å². The van der Waals surface area contributed by atoms with Gasteiger partial charge in [0, 0.05) is 13.1 Å². The zero-order valence-corrected chi connectivity index (χ0v) is 10.6. The highest BCUT2D eigenvalue weighted by molar-refractivity contribution is 5.87. The normalized spacial score (nSPS) is 16.2. The maximum atomic E-state index is 11.6. The van der Waals surface area contributed by atoms with Crippen LogP contribution >= 0.6 is 0 Å². The first kappa shape index (κ1) is 13.3. The molecule has 2 heteroatoms. The molecule has 1 amide bonds. The molecule has 16 heavy (non-hydrogen) atoms. The summed E-state index contributed by atoms with van der Waals surface area (Å²) in [5.74, 6) is 0.214. The number of carbonyl (C=O) groups is 1. The van der Waals surface area contributed by atoms with Crippen molar-refractivity contribution in [3.8, 4) is 0 Å². The number of rotatable bonds is 7. The van der Waals surface area contributed by atoms with Crippen LogP contribution in [0.2, 0.25) is 0 Å². The quantitative estimate of drug-likeness (QED) is 0.477. The van der Waals surface area contributed by atoms with E-state index in [1.807, 2.05) is 11.0 Å². The van der Waals surface area contributed by atoms with Crippen LogP contribution in [-0.2, 0) is 4.79 Å². The molecule has 0 aromatic heterocycles. The number of unbranched alkanes of at least 4 members (excludes halogenated alkanes) is 5. The number of amides is 1. The fourth-order valence-corrected chi connectivity index (χ4v) is 2.09. The van der Waals surface area contributed by atoms with Gasteiger partial charge in [-0.1, -0.05) is 38.7 Å². The molecule has 0 atom stereocenters. The maximum Gasteiger partial charge on any atom is 0.246 e. The summed E-state index contributed by atoms with van der Waals surface area (Å²) in [6, 6.07) is 0. The zero-order valence-electron chi connectivity index (χ0n) is 10.6. The lowest BCUT2D eigenvalue weighted by atomic mass is 10.1. The van der Waals surface area contributed by atoms with Gasteiger partial charge >= 0.3 is 0 Å². The molecular formula is C14H25NO. The molecule has 1 aliphatic heterocycles. The van der Waals surface area contributed by atoms with Crippen molar-refractivity contribution in [1.29, 1.82) is 0 Å². The summed E-state index contributed by atoms with van der Waals surface area (Å²) in [6.45, 7) is 4.15. The van der Waals surface area contributed by atoms with Crippen molar-refractivity contribution in [3.63, 3.8) is 0 Å². The monoisotopic (exact) mass is 223 g/mol. The van der Waals surface area contributed by atoms with E-state index >= 15 is 0 Å². The van der Waals surface area contributed by atoms with Gasteiger partial charge in [0.2, 0.25) is 5.91 Å². The Labute approximate surface area is 99.7 Å². The largest absolute Gasteiger partial charge is 0.339 e. The van der Waals surface area contributed by atoms with Gasteiger partial charge in [-0.15, -0.1) is 0 Å². The molecule has 1 rings (SSSR count). The van der Waals surface area contributed by atoms with Crippen LogP contribution < -0.4 is 0 Å². The van der Waals surface area contributed by atoms with Crippen LogP contribution in [0, 0.1) is 0 Å². The Balaban J connectivity index is 2.00. The van der Waals surface area contributed by atoms with Crippen LogP contribution in [0.3, 0.4) is 0 Å². The molecule has 92 valence electrons. The van der Waals surface area contributed by atoms with E-state index in [2.05, 4.69) is 6.92 Å². The summed E-state index contributed by atoms with van der Waals surface area (Å²) in [7, 11) is 0. The SMILES string of the molecule is CCCCCCCC=CC(=O)N1CCCC1. The van der Waals surface area contributed by atoms with E-state index < -0.39 is 0 Å². The van der Waals surface area contributed by atoms with Gasteiger partial charge in [-0.25, -0.2) is 0 Å². The number of nitrogens with zero attached hydrogens (tertiary/aromatic N) is 1. The van der Waals surface area contributed by atoms with Crippen LogP contribution in [0.25, 0.3) is 0 Å². The molecule has 0 aromatic carbocycles. The summed E-state index contributed by atoms with van der Waals surface area (Å²) in [5.41, 5.74) is 0. The number of carbonyl (C=O) groups excluding carboxylic acids is 1. The minimum atomic E-state index is 0.214. The van der Waals surface area contributed by atoms with E-state index in [1.165, 1.54) is 44.9 Å². The molecule has 2 nitrogen and oxygen atoms in total. The van der Waals surface area contributed by atoms with Crippen molar-refractivity contribution < 1.29 is 4.79 Å². The standard InChI is InChI=1S/C14H25NO/c1-2-3-4-5-6-7-8-11-14(16)15-12-9-10-13-15/h8,11H,2-7,9-10,12-13H2,1H3. The molecule has 0 bridgehead atoms. The molecule has 1 saturated heterocycles. The van der Waals surface area contributed by atoms with Crippen molar-refractivity contribution in [2.75, 3.05) is 13.1 Å². The van der Waals surface area contributed by atoms with Crippen LogP contribution in [0.5, 0.6) is 0 Å². The molecular weight excluding hydrogens is 198 g/mol. The van der Waals surface area contributed by atoms with Gasteiger partial charge in [-0.05, 0) is 31.8 Å². The Hall–Kier alpha value is -0.790. The Morgan fingerprint density at radius 2 is 1.81 bits per heavy atom. The first-order chi connectivity index (χ1) is 7.84. The average molecular weight is 223 g/mol. The third-order valence-corrected chi connectivity index (χ3v) is 3.15. The molecule has 0 N–H and O–H groups in total. The first-order valence-electron chi connectivity index (χ1n) is 6.80. The highest BCUT2D eigenvalue weighted by Gasteiger charge is 2.14. The zero-order chi connectivity index (χ0) is 11.6. The minimum absolute atomic E-state index is 0.214.